The maximum absolute atomic E-state index is 13.1. The fourth-order valence-electron chi connectivity index (χ4n) is 4.06. The lowest BCUT2D eigenvalue weighted by Gasteiger charge is -2.35. The van der Waals surface area contributed by atoms with Crippen molar-refractivity contribution < 1.29 is 19.1 Å². The molecule has 1 atom stereocenters. The average molecular weight is 512 g/mol. The monoisotopic (exact) mass is 511 g/mol. The number of ether oxygens (including phenoxy) is 1. The Morgan fingerprint density at radius 3 is 2.67 bits per heavy atom. The molecule has 2 heterocycles. The molecule has 1 saturated heterocycles. The van der Waals surface area contributed by atoms with E-state index in [1.165, 1.54) is 0 Å². The maximum Gasteiger partial charge on any atom is 0.413 e. The Morgan fingerprint density at radius 1 is 1.22 bits per heavy atom. The molecule has 0 spiro atoms. The summed E-state index contributed by atoms with van der Waals surface area (Å²) in [6, 6.07) is 5.83. The van der Waals surface area contributed by atoms with Gasteiger partial charge in [0.1, 0.15) is 11.4 Å². The van der Waals surface area contributed by atoms with Crippen molar-refractivity contribution in [3.05, 3.63) is 52.4 Å². The topological polar surface area (TPSA) is 113 Å². The molecule has 1 aliphatic rings. The lowest BCUT2D eigenvalue weighted by molar-refractivity contribution is -0.148. The number of aromatic nitrogens is 1. The number of piperidine rings is 1. The van der Waals surface area contributed by atoms with Crippen molar-refractivity contribution in [1.29, 1.82) is 0 Å². The van der Waals surface area contributed by atoms with Crippen LogP contribution in [0.3, 0.4) is 0 Å². The molecule has 1 aromatic carbocycles. The molecule has 9 nitrogen and oxygen atoms in total. The number of allylic oxidation sites excluding steroid dienone is 3. The minimum absolute atomic E-state index is 0.163. The highest BCUT2D eigenvalue weighted by Crippen LogP contribution is 2.33. The number of carbonyl (C=O) groups is 3. The highest BCUT2D eigenvalue weighted by Gasteiger charge is 2.32. The minimum Gasteiger partial charge on any atom is -0.444 e. The zero-order valence-corrected chi connectivity index (χ0v) is 22.2. The molecule has 1 aromatic heterocycles. The van der Waals surface area contributed by atoms with Crippen LogP contribution in [-0.2, 0) is 14.3 Å². The van der Waals surface area contributed by atoms with Crippen LogP contribution in [-0.4, -0.2) is 46.7 Å². The summed E-state index contributed by atoms with van der Waals surface area (Å²) in [6.07, 6.45) is 3.58. The third kappa shape index (κ3) is 7.00. The van der Waals surface area contributed by atoms with Gasteiger partial charge in [-0.05, 0) is 89.9 Å². The van der Waals surface area contributed by atoms with Gasteiger partial charge in [0.05, 0.1) is 21.8 Å². The largest absolute Gasteiger partial charge is 0.444 e. The molecule has 0 saturated carbocycles. The van der Waals surface area contributed by atoms with E-state index in [4.69, 9.17) is 4.74 Å². The van der Waals surface area contributed by atoms with Gasteiger partial charge in [0.25, 0.3) is 0 Å². The lowest BCUT2D eigenvalue weighted by atomic mass is 9.95. The number of carbonyl (C=O) groups excluding carboxylic acids is 3. The third-order valence-corrected chi connectivity index (χ3v) is 6.38. The van der Waals surface area contributed by atoms with Gasteiger partial charge in [0, 0.05) is 12.2 Å². The predicted molar refractivity (Wildman–Crippen MR) is 141 cm³/mol. The SMILES string of the molecule is C=N/C(NC(=O)OC(C)(C)C)=C(C)\C=C(/C)NC(=O)C(=O)N1CCCC[C@H]1c1ccc2ncsc2c1. The molecule has 0 bridgehead atoms. The third-order valence-electron chi connectivity index (χ3n) is 5.59. The van der Waals surface area contributed by atoms with E-state index < -0.39 is 23.5 Å². The second kappa shape index (κ2) is 11.5. The smallest absolute Gasteiger partial charge is 0.413 e. The molecule has 3 amide bonds. The molecule has 10 heteroatoms. The molecular weight excluding hydrogens is 478 g/mol. The van der Waals surface area contributed by atoms with Crippen molar-refractivity contribution in [1.82, 2.24) is 20.5 Å². The number of aliphatic imine (C=N–C) groups is 1. The van der Waals surface area contributed by atoms with Gasteiger partial charge in [-0.3, -0.25) is 14.9 Å². The Balaban J connectivity index is 1.71. The van der Waals surface area contributed by atoms with Crippen LogP contribution in [0, 0.1) is 0 Å². The van der Waals surface area contributed by atoms with Crippen molar-refractivity contribution in [2.24, 2.45) is 4.99 Å². The summed E-state index contributed by atoms with van der Waals surface area (Å²) in [5.74, 6) is -1.10. The quantitative estimate of drug-likeness (QED) is 0.339. The van der Waals surface area contributed by atoms with Crippen LogP contribution in [0.25, 0.3) is 10.2 Å². The first-order valence-electron chi connectivity index (χ1n) is 11.8. The molecule has 1 fully saturated rings. The van der Waals surface area contributed by atoms with Crippen molar-refractivity contribution in [2.75, 3.05) is 6.54 Å². The fourth-order valence-corrected chi connectivity index (χ4v) is 4.78. The van der Waals surface area contributed by atoms with Crippen molar-refractivity contribution in [2.45, 2.75) is 65.5 Å². The van der Waals surface area contributed by atoms with Gasteiger partial charge in [-0.1, -0.05) is 6.07 Å². The van der Waals surface area contributed by atoms with E-state index in [9.17, 15) is 14.4 Å². The molecule has 2 aromatic rings. The Hall–Kier alpha value is -3.53. The number of thiazole rings is 1. The van der Waals surface area contributed by atoms with E-state index in [0.29, 0.717) is 17.8 Å². The fraction of sp³-hybridized carbons (Fsp3) is 0.423. The molecule has 0 unspecified atom stereocenters. The number of benzene rings is 1. The molecule has 0 radical (unpaired) electrons. The van der Waals surface area contributed by atoms with Crippen molar-refractivity contribution >= 4 is 46.2 Å². The van der Waals surface area contributed by atoms with Crippen molar-refractivity contribution in [3.63, 3.8) is 0 Å². The van der Waals surface area contributed by atoms with Crippen LogP contribution in [0.4, 0.5) is 4.79 Å². The van der Waals surface area contributed by atoms with Gasteiger partial charge < -0.3 is 15.0 Å². The summed E-state index contributed by atoms with van der Waals surface area (Å²) < 4.78 is 6.30. The highest BCUT2D eigenvalue weighted by atomic mass is 32.1. The van der Waals surface area contributed by atoms with Crippen LogP contribution in [0.1, 0.15) is 65.5 Å². The molecule has 3 rings (SSSR count). The summed E-state index contributed by atoms with van der Waals surface area (Å²) in [6.45, 7) is 12.6. The van der Waals surface area contributed by atoms with Gasteiger partial charge in [-0.25, -0.2) is 14.8 Å². The van der Waals surface area contributed by atoms with Crippen LogP contribution >= 0.6 is 11.3 Å². The number of hydrogen-bond acceptors (Lipinski definition) is 7. The standard InChI is InChI=1S/C26H33N5O4S/c1-16(22(27-6)30-25(34)35-26(3,4)5)13-17(2)29-23(32)24(33)31-12-8-7-9-20(31)18-10-11-19-21(14-18)36-15-28-19/h10-11,13-15,20H,6-9,12H2,1-5H3,(H,29,32)(H,30,34)/b17-13+,22-16+/t20-/m0/s1. The number of hydrogen-bond donors (Lipinski definition) is 2. The number of nitrogens with one attached hydrogen (secondary N) is 2. The first-order valence-corrected chi connectivity index (χ1v) is 12.7. The molecule has 192 valence electrons. The van der Waals surface area contributed by atoms with Gasteiger partial charge in [-0.15, -0.1) is 11.3 Å². The lowest BCUT2D eigenvalue weighted by Crippen LogP contribution is -2.46. The molecule has 1 aliphatic heterocycles. The van der Waals surface area contributed by atoms with E-state index >= 15 is 0 Å². The van der Waals surface area contributed by atoms with Gasteiger partial charge in [-0.2, -0.15) is 0 Å². The minimum atomic E-state index is -0.712. The second-order valence-electron chi connectivity index (χ2n) is 9.69. The summed E-state index contributed by atoms with van der Waals surface area (Å²) in [5.41, 5.74) is 4.03. The maximum atomic E-state index is 13.1. The summed E-state index contributed by atoms with van der Waals surface area (Å²) in [4.78, 5) is 47.9. The van der Waals surface area contributed by atoms with Crippen LogP contribution in [0.2, 0.25) is 0 Å². The summed E-state index contributed by atoms with van der Waals surface area (Å²) in [5, 5.41) is 5.20. The van der Waals surface area contributed by atoms with E-state index in [0.717, 1.165) is 35.0 Å². The van der Waals surface area contributed by atoms with E-state index in [-0.39, 0.29) is 11.9 Å². The highest BCUT2D eigenvalue weighted by molar-refractivity contribution is 7.16. The summed E-state index contributed by atoms with van der Waals surface area (Å²) >= 11 is 1.55. The zero-order valence-electron chi connectivity index (χ0n) is 21.4. The first-order chi connectivity index (χ1) is 17.0. The zero-order chi connectivity index (χ0) is 26.5. The van der Waals surface area contributed by atoms with Gasteiger partial charge >= 0.3 is 17.9 Å². The first kappa shape index (κ1) is 27.1. The number of fused-ring (bicyclic) bond motifs is 1. The molecule has 2 N–H and O–H groups in total. The van der Waals surface area contributed by atoms with E-state index in [1.54, 1.807) is 62.4 Å². The van der Waals surface area contributed by atoms with Crippen LogP contribution in [0.15, 0.2) is 51.9 Å². The predicted octanol–water partition coefficient (Wildman–Crippen LogP) is 4.83. The number of rotatable bonds is 5. The molecular formula is C26H33N5O4S. The average Bonchev–Trinajstić information content (AvgIpc) is 3.28. The Kier molecular flexibility index (Phi) is 8.62. The normalized spacial score (nSPS) is 17.3. The van der Waals surface area contributed by atoms with Crippen LogP contribution < -0.4 is 10.6 Å². The second-order valence-corrected chi connectivity index (χ2v) is 10.6. The Morgan fingerprint density at radius 2 is 1.97 bits per heavy atom. The van der Waals surface area contributed by atoms with E-state index in [1.807, 2.05) is 12.1 Å². The number of likely N-dealkylation sites (tertiary alicyclic amines) is 1. The van der Waals surface area contributed by atoms with Gasteiger partial charge in [0.15, 0.2) is 0 Å². The molecule has 0 aliphatic carbocycles. The Bertz CT molecular complexity index is 1220. The number of amides is 3. The van der Waals surface area contributed by atoms with Gasteiger partial charge in [0.2, 0.25) is 0 Å². The Labute approximate surface area is 215 Å². The van der Waals surface area contributed by atoms with Crippen molar-refractivity contribution in [3.8, 4) is 0 Å². The summed E-state index contributed by atoms with van der Waals surface area (Å²) in [7, 11) is 0. The number of alkyl carbamates (subject to hydrolysis) is 1. The van der Waals surface area contributed by atoms with E-state index in [2.05, 4.69) is 33.4 Å². The number of nitrogens with zero attached hydrogens (tertiary/aromatic N) is 3. The van der Waals surface area contributed by atoms with Crippen LogP contribution in [0.5, 0.6) is 0 Å². The molecule has 36 heavy (non-hydrogen) atoms.